The number of imidazole rings is 1. The van der Waals surface area contributed by atoms with Crippen LogP contribution in [0.1, 0.15) is 31.5 Å². The fraction of sp³-hybridized carbons (Fsp3) is 0.692. The lowest BCUT2D eigenvalue weighted by molar-refractivity contribution is -0.145. The number of hydrogen-bond acceptors (Lipinski definition) is 3. The number of aryl methyl sites for hydroxylation is 1. The minimum atomic E-state index is -0.661. The van der Waals surface area contributed by atoms with Crippen molar-refractivity contribution in [1.29, 1.82) is 0 Å². The highest BCUT2D eigenvalue weighted by molar-refractivity contribution is 5.71. The third-order valence-corrected chi connectivity index (χ3v) is 3.92. The summed E-state index contributed by atoms with van der Waals surface area (Å²) in [5, 5.41) is 9.29. The number of nitrogens with zero attached hydrogens (tertiary/aromatic N) is 3. The Kier molecular flexibility index (Phi) is 4.01. The summed E-state index contributed by atoms with van der Waals surface area (Å²) in [6.07, 6.45) is 7.61. The molecular formula is C13H21N3O2. The number of aliphatic carboxylic acids is 1. The van der Waals surface area contributed by atoms with Gasteiger partial charge in [0.2, 0.25) is 0 Å². The largest absolute Gasteiger partial charge is 0.481 e. The molecule has 1 fully saturated rings. The van der Waals surface area contributed by atoms with E-state index in [4.69, 9.17) is 0 Å². The first-order valence-electron chi connectivity index (χ1n) is 6.49. The molecule has 1 N–H and O–H groups in total. The molecule has 1 aromatic heterocycles. The summed E-state index contributed by atoms with van der Waals surface area (Å²) < 4.78 is 1.98. The summed E-state index contributed by atoms with van der Waals surface area (Å²) in [5.74, 6) is 0.0858. The van der Waals surface area contributed by atoms with Gasteiger partial charge in [0.15, 0.2) is 0 Å². The van der Waals surface area contributed by atoms with Crippen molar-refractivity contribution in [3.05, 3.63) is 18.2 Å². The van der Waals surface area contributed by atoms with E-state index < -0.39 is 5.97 Å². The molecule has 18 heavy (non-hydrogen) atoms. The van der Waals surface area contributed by atoms with Gasteiger partial charge in [0.1, 0.15) is 5.82 Å². The van der Waals surface area contributed by atoms with Gasteiger partial charge in [-0.1, -0.05) is 12.8 Å². The molecule has 100 valence electrons. The van der Waals surface area contributed by atoms with Gasteiger partial charge in [-0.2, -0.15) is 0 Å². The standard InChI is InChI=1S/C13H21N3O2/c1-15-8-7-14-12(15)9-16(2)11-6-4-3-5-10(11)13(17)18/h7-8,10-11H,3-6,9H2,1-2H3,(H,17,18). The summed E-state index contributed by atoms with van der Waals surface area (Å²) in [5.41, 5.74) is 0. The van der Waals surface area contributed by atoms with Crippen LogP contribution in [0.25, 0.3) is 0 Å². The number of hydrogen-bond donors (Lipinski definition) is 1. The lowest BCUT2D eigenvalue weighted by Gasteiger charge is -2.35. The van der Waals surface area contributed by atoms with Crippen molar-refractivity contribution in [1.82, 2.24) is 14.5 Å². The SMILES string of the molecule is CN(Cc1nccn1C)C1CCCCC1C(=O)O. The van der Waals surface area contributed by atoms with Crippen LogP contribution in [0.4, 0.5) is 0 Å². The maximum atomic E-state index is 11.3. The third-order valence-electron chi connectivity index (χ3n) is 3.92. The summed E-state index contributed by atoms with van der Waals surface area (Å²) >= 11 is 0. The molecule has 0 aliphatic heterocycles. The Bertz CT molecular complexity index is 416. The molecule has 0 amide bonds. The Morgan fingerprint density at radius 2 is 2.28 bits per heavy atom. The molecule has 0 bridgehead atoms. The van der Waals surface area contributed by atoms with Crippen molar-refractivity contribution in [2.75, 3.05) is 7.05 Å². The zero-order valence-electron chi connectivity index (χ0n) is 11.0. The number of rotatable bonds is 4. The Morgan fingerprint density at radius 3 is 2.89 bits per heavy atom. The molecule has 1 heterocycles. The second kappa shape index (κ2) is 5.52. The Labute approximate surface area is 107 Å². The first-order valence-corrected chi connectivity index (χ1v) is 6.49. The molecular weight excluding hydrogens is 230 g/mol. The second-order valence-corrected chi connectivity index (χ2v) is 5.17. The van der Waals surface area contributed by atoms with Crippen molar-refractivity contribution >= 4 is 5.97 Å². The first kappa shape index (κ1) is 13.1. The minimum absolute atomic E-state index is 0.132. The van der Waals surface area contributed by atoms with Gasteiger partial charge in [0, 0.05) is 25.5 Å². The zero-order chi connectivity index (χ0) is 13.1. The minimum Gasteiger partial charge on any atom is -0.481 e. The maximum absolute atomic E-state index is 11.3. The Balaban J connectivity index is 2.04. The number of carbonyl (C=O) groups is 1. The summed E-state index contributed by atoms with van der Waals surface area (Å²) in [6.45, 7) is 0.706. The van der Waals surface area contributed by atoms with Gasteiger partial charge in [0.05, 0.1) is 12.5 Å². The van der Waals surface area contributed by atoms with E-state index in [1.54, 1.807) is 6.20 Å². The highest BCUT2D eigenvalue weighted by Gasteiger charge is 2.33. The molecule has 1 aromatic rings. The van der Waals surface area contributed by atoms with Crippen molar-refractivity contribution in [2.45, 2.75) is 38.3 Å². The zero-order valence-corrected chi connectivity index (χ0v) is 11.0. The van der Waals surface area contributed by atoms with Crippen LogP contribution >= 0.6 is 0 Å². The van der Waals surface area contributed by atoms with Gasteiger partial charge >= 0.3 is 5.97 Å². The predicted octanol–water partition coefficient (Wildman–Crippen LogP) is 1.50. The van der Waals surface area contributed by atoms with E-state index in [0.717, 1.165) is 31.5 Å². The smallest absolute Gasteiger partial charge is 0.308 e. The fourth-order valence-electron chi connectivity index (χ4n) is 2.82. The molecule has 0 spiro atoms. The first-order chi connectivity index (χ1) is 8.59. The van der Waals surface area contributed by atoms with Gasteiger partial charge in [-0.05, 0) is 19.9 Å². The van der Waals surface area contributed by atoms with E-state index in [-0.39, 0.29) is 12.0 Å². The average Bonchev–Trinajstić information content (AvgIpc) is 2.75. The topological polar surface area (TPSA) is 58.4 Å². The van der Waals surface area contributed by atoms with Crippen LogP contribution in [0.5, 0.6) is 0 Å². The number of aromatic nitrogens is 2. The average molecular weight is 251 g/mol. The quantitative estimate of drug-likeness (QED) is 0.881. The van der Waals surface area contributed by atoms with Gasteiger partial charge in [-0.3, -0.25) is 9.69 Å². The van der Waals surface area contributed by atoms with Crippen molar-refractivity contribution in [2.24, 2.45) is 13.0 Å². The Hall–Kier alpha value is -1.36. The molecule has 1 aliphatic rings. The summed E-state index contributed by atoms with van der Waals surface area (Å²) in [6, 6.07) is 0.132. The van der Waals surface area contributed by atoms with Crippen LogP contribution in [-0.2, 0) is 18.4 Å². The predicted molar refractivity (Wildman–Crippen MR) is 68.1 cm³/mol. The molecule has 1 aliphatic carbocycles. The van der Waals surface area contributed by atoms with E-state index in [1.807, 2.05) is 24.9 Å². The lowest BCUT2D eigenvalue weighted by atomic mass is 9.84. The van der Waals surface area contributed by atoms with Crippen LogP contribution in [0.15, 0.2) is 12.4 Å². The van der Waals surface area contributed by atoms with Crippen LogP contribution < -0.4 is 0 Å². The fourth-order valence-corrected chi connectivity index (χ4v) is 2.82. The van der Waals surface area contributed by atoms with E-state index in [9.17, 15) is 9.90 Å². The molecule has 5 heteroatoms. The van der Waals surface area contributed by atoms with Gasteiger partial charge in [-0.15, -0.1) is 0 Å². The molecule has 0 aromatic carbocycles. The third kappa shape index (κ3) is 2.72. The van der Waals surface area contributed by atoms with Crippen molar-refractivity contribution in [3.63, 3.8) is 0 Å². The van der Waals surface area contributed by atoms with Crippen molar-refractivity contribution in [3.8, 4) is 0 Å². The molecule has 2 unspecified atom stereocenters. The van der Waals surface area contributed by atoms with E-state index in [0.29, 0.717) is 6.54 Å². The van der Waals surface area contributed by atoms with Crippen LogP contribution in [0.3, 0.4) is 0 Å². The van der Waals surface area contributed by atoms with E-state index in [1.165, 1.54) is 0 Å². The molecule has 1 saturated carbocycles. The molecule has 0 radical (unpaired) electrons. The van der Waals surface area contributed by atoms with Gasteiger partial charge in [-0.25, -0.2) is 4.98 Å². The van der Waals surface area contributed by atoms with E-state index in [2.05, 4.69) is 9.88 Å². The van der Waals surface area contributed by atoms with Crippen LogP contribution in [0, 0.1) is 5.92 Å². The van der Waals surface area contributed by atoms with Crippen molar-refractivity contribution < 1.29 is 9.90 Å². The maximum Gasteiger partial charge on any atom is 0.308 e. The van der Waals surface area contributed by atoms with Gasteiger partial charge < -0.3 is 9.67 Å². The summed E-state index contributed by atoms with van der Waals surface area (Å²) in [7, 11) is 3.96. The molecule has 5 nitrogen and oxygen atoms in total. The second-order valence-electron chi connectivity index (χ2n) is 5.17. The summed E-state index contributed by atoms with van der Waals surface area (Å²) in [4.78, 5) is 17.7. The molecule has 2 atom stereocenters. The normalized spacial score (nSPS) is 24.4. The van der Waals surface area contributed by atoms with Crippen LogP contribution in [0.2, 0.25) is 0 Å². The van der Waals surface area contributed by atoms with E-state index >= 15 is 0 Å². The highest BCUT2D eigenvalue weighted by Crippen LogP contribution is 2.28. The molecule has 2 rings (SSSR count). The van der Waals surface area contributed by atoms with Crippen LogP contribution in [-0.4, -0.2) is 38.6 Å². The number of carboxylic acid groups (broad SMARTS) is 1. The molecule has 0 saturated heterocycles. The monoisotopic (exact) mass is 251 g/mol. The van der Waals surface area contributed by atoms with Gasteiger partial charge in [0.25, 0.3) is 0 Å². The Morgan fingerprint density at radius 1 is 1.56 bits per heavy atom. The lowest BCUT2D eigenvalue weighted by Crippen LogP contribution is -2.43. The highest BCUT2D eigenvalue weighted by atomic mass is 16.4. The number of carboxylic acids is 1.